The van der Waals surface area contributed by atoms with Crippen LogP contribution in [0.5, 0.6) is 0 Å². The Kier molecular flexibility index (Phi) is 3.41. The van der Waals surface area contributed by atoms with Crippen LogP contribution in [0.3, 0.4) is 0 Å². The van der Waals surface area contributed by atoms with Crippen molar-refractivity contribution in [2.75, 3.05) is 0 Å². The Morgan fingerprint density at radius 1 is 1.44 bits per heavy atom. The van der Waals surface area contributed by atoms with Gasteiger partial charge in [0.25, 0.3) is 5.56 Å². The number of hydrogen-bond acceptors (Lipinski definition) is 3. The maximum Gasteiger partial charge on any atom is 0.303 e. The van der Waals surface area contributed by atoms with Gasteiger partial charge in [-0.15, -0.1) is 0 Å². The quantitative estimate of drug-likeness (QED) is 0.857. The number of fused-ring (bicyclic) bond motifs is 1. The number of aromatic amines is 1. The molecule has 0 aliphatic heterocycles. The van der Waals surface area contributed by atoms with E-state index in [1.807, 2.05) is 13.0 Å². The number of para-hydroxylation sites is 1. The van der Waals surface area contributed by atoms with Crippen LogP contribution in [0.15, 0.2) is 29.1 Å². The SMILES string of the molecule is CC(CC(=O)O)Cc1nc2ccccc2c(=O)[nH]1. The van der Waals surface area contributed by atoms with Gasteiger partial charge < -0.3 is 10.1 Å². The lowest BCUT2D eigenvalue weighted by Gasteiger charge is -2.08. The highest BCUT2D eigenvalue weighted by atomic mass is 16.4. The lowest BCUT2D eigenvalue weighted by molar-refractivity contribution is -0.137. The first kappa shape index (κ1) is 12.3. The van der Waals surface area contributed by atoms with E-state index in [-0.39, 0.29) is 17.9 Å². The normalized spacial score (nSPS) is 12.5. The molecule has 5 heteroatoms. The van der Waals surface area contributed by atoms with Gasteiger partial charge in [0.1, 0.15) is 5.82 Å². The van der Waals surface area contributed by atoms with Crippen LogP contribution >= 0.6 is 0 Å². The summed E-state index contributed by atoms with van der Waals surface area (Å²) in [5.41, 5.74) is 0.455. The zero-order chi connectivity index (χ0) is 13.1. The molecule has 0 aliphatic rings. The van der Waals surface area contributed by atoms with Crippen molar-refractivity contribution >= 4 is 16.9 Å². The number of nitrogens with zero attached hydrogens (tertiary/aromatic N) is 1. The Morgan fingerprint density at radius 3 is 2.89 bits per heavy atom. The monoisotopic (exact) mass is 246 g/mol. The van der Waals surface area contributed by atoms with Crippen molar-refractivity contribution in [1.82, 2.24) is 9.97 Å². The first-order chi connectivity index (χ1) is 8.56. The average Bonchev–Trinajstić information content (AvgIpc) is 2.27. The lowest BCUT2D eigenvalue weighted by Crippen LogP contribution is -2.15. The van der Waals surface area contributed by atoms with Gasteiger partial charge in [0.05, 0.1) is 10.9 Å². The summed E-state index contributed by atoms with van der Waals surface area (Å²) in [6, 6.07) is 7.09. The van der Waals surface area contributed by atoms with Gasteiger partial charge in [0.15, 0.2) is 0 Å². The van der Waals surface area contributed by atoms with Crippen molar-refractivity contribution in [3.63, 3.8) is 0 Å². The number of aliphatic carboxylic acids is 1. The molecule has 1 heterocycles. The van der Waals surface area contributed by atoms with Crippen LogP contribution in [0.2, 0.25) is 0 Å². The van der Waals surface area contributed by atoms with Gasteiger partial charge in [-0.1, -0.05) is 19.1 Å². The van der Waals surface area contributed by atoms with E-state index >= 15 is 0 Å². The Balaban J connectivity index is 2.30. The fourth-order valence-corrected chi connectivity index (χ4v) is 1.93. The van der Waals surface area contributed by atoms with Crippen LogP contribution in [0, 0.1) is 5.92 Å². The van der Waals surface area contributed by atoms with E-state index < -0.39 is 5.97 Å². The molecule has 1 aromatic carbocycles. The first-order valence-corrected chi connectivity index (χ1v) is 5.76. The molecule has 0 saturated heterocycles. The fraction of sp³-hybridized carbons (Fsp3) is 0.308. The summed E-state index contributed by atoms with van der Waals surface area (Å²) in [4.78, 5) is 29.4. The summed E-state index contributed by atoms with van der Waals surface area (Å²) in [6.07, 6.45) is 0.517. The van der Waals surface area contributed by atoms with E-state index in [0.29, 0.717) is 23.1 Å². The second kappa shape index (κ2) is 5.00. The molecular formula is C13H14N2O3. The number of aromatic nitrogens is 2. The van der Waals surface area contributed by atoms with E-state index in [2.05, 4.69) is 9.97 Å². The van der Waals surface area contributed by atoms with Crippen molar-refractivity contribution in [1.29, 1.82) is 0 Å². The van der Waals surface area contributed by atoms with Crippen LogP contribution < -0.4 is 5.56 Å². The summed E-state index contributed by atoms with van der Waals surface area (Å²) < 4.78 is 0. The minimum atomic E-state index is -0.842. The van der Waals surface area contributed by atoms with Gasteiger partial charge in [-0.25, -0.2) is 4.98 Å². The van der Waals surface area contributed by atoms with Gasteiger partial charge in [0.2, 0.25) is 0 Å². The molecule has 0 saturated carbocycles. The van der Waals surface area contributed by atoms with E-state index in [0.717, 1.165) is 0 Å². The summed E-state index contributed by atoms with van der Waals surface area (Å²) >= 11 is 0. The summed E-state index contributed by atoms with van der Waals surface area (Å²) in [5.74, 6) is -0.370. The molecule has 2 aromatic rings. The molecular weight excluding hydrogens is 232 g/mol. The number of benzene rings is 1. The maximum atomic E-state index is 11.8. The van der Waals surface area contributed by atoms with Crippen LogP contribution in [0.25, 0.3) is 10.9 Å². The topological polar surface area (TPSA) is 83.0 Å². The van der Waals surface area contributed by atoms with E-state index in [1.54, 1.807) is 18.2 Å². The molecule has 2 N–H and O–H groups in total. The van der Waals surface area contributed by atoms with Crippen molar-refractivity contribution < 1.29 is 9.90 Å². The minimum absolute atomic E-state index is 0.0631. The molecule has 0 aliphatic carbocycles. The molecule has 18 heavy (non-hydrogen) atoms. The molecule has 1 atom stereocenters. The first-order valence-electron chi connectivity index (χ1n) is 5.76. The molecule has 0 bridgehead atoms. The Morgan fingerprint density at radius 2 is 2.17 bits per heavy atom. The summed E-state index contributed by atoms with van der Waals surface area (Å²) in [5, 5.41) is 9.24. The molecule has 0 spiro atoms. The average molecular weight is 246 g/mol. The highest BCUT2D eigenvalue weighted by Crippen LogP contribution is 2.10. The molecule has 94 valence electrons. The van der Waals surface area contributed by atoms with Crippen molar-refractivity contribution in [3.8, 4) is 0 Å². The summed E-state index contributed by atoms with van der Waals surface area (Å²) in [7, 11) is 0. The van der Waals surface area contributed by atoms with E-state index in [4.69, 9.17) is 5.11 Å². The third kappa shape index (κ3) is 2.74. The molecule has 1 unspecified atom stereocenters. The van der Waals surface area contributed by atoms with Gasteiger partial charge in [0, 0.05) is 12.8 Å². The second-order valence-electron chi connectivity index (χ2n) is 4.44. The standard InChI is InChI=1S/C13H14N2O3/c1-8(7-12(16)17)6-11-14-10-5-3-2-4-9(10)13(18)15-11/h2-5,8H,6-7H2,1H3,(H,16,17)(H,14,15,18). The highest BCUT2D eigenvalue weighted by molar-refractivity contribution is 5.77. The molecule has 0 fully saturated rings. The summed E-state index contributed by atoms with van der Waals surface area (Å²) in [6.45, 7) is 1.82. The van der Waals surface area contributed by atoms with Gasteiger partial charge in [-0.3, -0.25) is 9.59 Å². The predicted octanol–water partition coefficient (Wildman–Crippen LogP) is 1.58. The molecule has 5 nitrogen and oxygen atoms in total. The van der Waals surface area contributed by atoms with Gasteiger partial charge in [-0.2, -0.15) is 0 Å². The van der Waals surface area contributed by atoms with Crippen molar-refractivity contribution in [2.45, 2.75) is 19.8 Å². The number of carboxylic acids is 1. The fourth-order valence-electron chi connectivity index (χ4n) is 1.93. The second-order valence-corrected chi connectivity index (χ2v) is 4.44. The zero-order valence-electron chi connectivity index (χ0n) is 10.0. The Hall–Kier alpha value is -2.17. The molecule has 1 aromatic heterocycles. The molecule has 2 rings (SSSR count). The predicted molar refractivity (Wildman–Crippen MR) is 67.5 cm³/mol. The maximum absolute atomic E-state index is 11.8. The number of H-pyrrole nitrogens is 1. The lowest BCUT2D eigenvalue weighted by atomic mass is 10.0. The third-order valence-corrected chi connectivity index (χ3v) is 2.73. The van der Waals surface area contributed by atoms with Gasteiger partial charge >= 0.3 is 5.97 Å². The van der Waals surface area contributed by atoms with Gasteiger partial charge in [-0.05, 0) is 18.1 Å². The van der Waals surface area contributed by atoms with E-state index in [9.17, 15) is 9.59 Å². The highest BCUT2D eigenvalue weighted by Gasteiger charge is 2.11. The van der Waals surface area contributed by atoms with Crippen LogP contribution in [-0.4, -0.2) is 21.0 Å². The largest absolute Gasteiger partial charge is 0.481 e. The van der Waals surface area contributed by atoms with Crippen LogP contribution in [0.4, 0.5) is 0 Å². The number of carboxylic acid groups (broad SMARTS) is 1. The number of carbonyl (C=O) groups is 1. The third-order valence-electron chi connectivity index (χ3n) is 2.73. The van der Waals surface area contributed by atoms with E-state index in [1.165, 1.54) is 0 Å². The Bertz CT molecular complexity index is 633. The zero-order valence-corrected chi connectivity index (χ0v) is 10.0. The molecule has 0 radical (unpaired) electrons. The Labute approximate surface area is 103 Å². The van der Waals surface area contributed by atoms with Crippen molar-refractivity contribution in [3.05, 3.63) is 40.4 Å². The number of rotatable bonds is 4. The number of hydrogen-bond donors (Lipinski definition) is 2. The van der Waals surface area contributed by atoms with Crippen LogP contribution in [0.1, 0.15) is 19.2 Å². The smallest absolute Gasteiger partial charge is 0.303 e. The van der Waals surface area contributed by atoms with Crippen LogP contribution in [-0.2, 0) is 11.2 Å². The molecule has 0 amide bonds. The minimum Gasteiger partial charge on any atom is -0.481 e. The van der Waals surface area contributed by atoms with Crippen molar-refractivity contribution in [2.24, 2.45) is 5.92 Å². The number of nitrogens with one attached hydrogen (secondary N) is 1.